The number of aldehydes is 1. The third kappa shape index (κ3) is 3.51. The average Bonchev–Trinajstić information content (AvgIpc) is 2.55. The largest absolute Gasteiger partial charge is 0.496 e. The van der Waals surface area contributed by atoms with E-state index in [9.17, 15) is 13.2 Å². The summed E-state index contributed by atoms with van der Waals surface area (Å²) < 4.78 is 31.5. The molecule has 0 aliphatic heterocycles. The van der Waals surface area contributed by atoms with Crippen molar-refractivity contribution in [2.45, 2.75) is 42.9 Å². The van der Waals surface area contributed by atoms with E-state index in [0.717, 1.165) is 11.8 Å². The minimum absolute atomic E-state index is 0.000551. The minimum Gasteiger partial charge on any atom is -0.496 e. The van der Waals surface area contributed by atoms with Crippen molar-refractivity contribution in [2.24, 2.45) is 0 Å². The molecule has 0 saturated heterocycles. The van der Waals surface area contributed by atoms with Gasteiger partial charge in [0.15, 0.2) is 0 Å². The number of carbonyl (C=O) groups excluding carboxylic acids is 1. The van der Waals surface area contributed by atoms with Gasteiger partial charge in [-0.05, 0) is 42.7 Å². The Hall–Kier alpha value is -2.14. The number of ether oxygens (including phenoxy) is 1. The lowest BCUT2D eigenvalue weighted by Crippen LogP contribution is -2.09. The molecular formula is C19H22O4S. The Morgan fingerprint density at radius 2 is 1.75 bits per heavy atom. The lowest BCUT2D eigenvalue weighted by molar-refractivity contribution is -0.107. The fraction of sp³-hybridized carbons (Fsp3) is 0.316. The Kier molecular flexibility index (Phi) is 5.44. The molecule has 0 aliphatic rings. The smallest absolute Gasteiger partial charge is 0.206 e. The first kappa shape index (κ1) is 18.2. The van der Waals surface area contributed by atoms with Gasteiger partial charge in [-0.1, -0.05) is 31.5 Å². The Balaban J connectivity index is 2.72. The van der Waals surface area contributed by atoms with Crippen molar-refractivity contribution in [2.75, 3.05) is 7.11 Å². The van der Waals surface area contributed by atoms with Gasteiger partial charge in [0, 0.05) is 12.0 Å². The highest BCUT2D eigenvalue weighted by atomic mass is 32.2. The molecule has 0 saturated carbocycles. The van der Waals surface area contributed by atoms with Crippen LogP contribution in [-0.4, -0.2) is 21.8 Å². The van der Waals surface area contributed by atoms with Crippen LogP contribution < -0.4 is 4.74 Å². The lowest BCUT2D eigenvalue weighted by atomic mass is 10.00. The molecule has 0 bridgehead atoms. The zero-order chi connectivity index (χ0) is 17.9. The summed E-state index contributed by atoms with van der Waals surface area (Å²) in [6, 6.07) is 10.1. The lowest BCUT2D eigenvalue weighted by Gasteiger charge is -2.17. The van der Waals surface area contributed by atoms with Gasteiger partial charge >= 0.3 is 0 Å². The topological polar surface area (TPSA) is 60.4 Å². The molecule has 2 aromatic carbocycles. The van der Waals surface area contributed by atoms with Crippen molar-refractivity contribution in [1.82, 2.24) is 0 Å². The molecule has 2 rings (SSSR count). The highest BCUT2D eigenvalue weighted by Gasteiger charge is 2.25. The van der Waals surface area contributed by atoms with Crippen LogP contribution in [0.4, 0.5) is 0 Å². The maximum atomic E-state index is 13.1. The highest BCUT2D eigenvalue weighted by Crippen LogP contribution is 2.34. The second-order valence-corrected chi connectivity index (χ2v) is 7.96. The third-order valence-corrected chi connectivity index (χ3v) is 5.78. The molecule has 0 aliphatic carbocycles. The van der Waals surface area contributed by atoms with E-state index >= 15 is 0 Å². The van der Waals surface area contributed by atoms with E-state index in [0.29, 0.717) is 16.9 Å². The summed E-state index contributed by atoms with van der Waals surface area (Å²) >= 11 is 0. The summed E-state index contributed by atoms with van der Waals surface area (Å²) in [6.45, 7) is 5.77. The predicted molar refractivity (Wildman–Crippen MR) is 93.5 cm³/mol. The Morgan fingerprint density at radius 1 is 1.12 bits per heavy atom. The predicted octanol–water partition coefficient (Wildman–Crippen LogP) is 3.70. The van der Waals surface area contributed by atoms with Gasteiger partial charge in [0.25, 0.3) is 0 Å². The monoisotopic (exact) mass is 346 g/mol. The van der Waals surface area contributed by atoms with Crippen LogP contribution in [0, 0.1) is 6.92 Å². The van der Waals surface area contributed by atoms with Crippen molar-refractivity contribution in [3.63, 3.8) is 0 Å². The molecule has 5 heteroatoms. The minimum atomic E-state index is -3.67. The molecule has 0 spiro atoms. The normalized spacial score (nSPS) is 11.5. The van der Waals surface area contributed by atoms with E-state index in [1.54, 1.807) is 36.4 Å². The number of methoxy groups -OCH3 is 1. The molecule has 2 aromatic rings. The molecular weight excluding hydrogens is 324 g/mol. The second-order valence-electron chi connectivity index (χ2n) is 6.04. The summed E-state index contributed by atoms with van der Waals surface area (Å²) in [5.41, 5.74) is 2.25. The van der Waals surface area contributed by atoms with E-state index in [1.165, 1.54) is 7.11 Å². The van der Waals surface area contributed by atoms with Crippen LogP contribution >= 0.6 is 0 Å². The first-order valence-electron chi connectivity index (χ1n) is 7.77. The standard InChI is InChI=1S/C19H22O4S/c1-13(2)17-12-18(23-4)15(9-10-20)11-19(17)24(21,22)16-7-5-14(3)6-8-16/h5-8,10-13H,9H2,1-4H3. The number of hydrogen-bond acceptors (Lipinski definition) is 4. The first-order valence-corrected chi connectivity index (χ1v) is 9.25. The van der Waals surface area contributed by atoms with Gasteiger partial charge in [-0.25, -0.2) is 8.42 Å². The van der Waals surface area contributed by atoms with Crippen LogP contribution in [0.15, 0.2) is 46.2 Å². The molecule has 4 nitrogen and oxygen atoms in total. The van der Waals surface area contributed by atoms with Crippen molar-refractivity contribution in [3.05, 3.63) is 53.1 Å². The van der Waals surface area contributed by atoms with Crippen LogP contribution in [-0.2, 0) is 21.1 Å². The SMILES string of the molecule is COc1cc(C(C)C)c(S(=O)(=O)c2ccc(C)cc2)cc1CC=O. The molecule has 0 N–H and O–H groups in total. The fourth-order valence-electron chi connectivity index (χ4n) is 2.59. The summed E-state index contributed by atoms with van der Waals surface area (Å²) in [6.07, 6.45) is 0.854. The molecule has 0 atom stereocenters. The van der Waals surface area contributed by atoms with E-state index in [4.69, 9.17) is 4.74 Å². The molecule has 0 aromatic heterocycles. The first-order chi connectivity index (χ1) is 11.3. The summed E-state index contributed by atoms with van der Waals surface area (Å²) in [7, 11) is -2.15. The van der Waals surface area contributed by atoms with Gasteiger partial charge in [0.05, 0.1) is 16.9 Å². The number of sulfone groups is 1. The van der Waals surface area contributed by atoms with Crippen LogP contribution in [0.25, 0.3) is 0 Å². The van der Waals surface area contributed by atoms with E-state index in [-0.39, 0.29) is 22.1 Å². The quantitative estimate of drug-likeness (QED) is 0.748. The molecule has 0 amide bonds. The van der Waals surface area contributed by atoms with Gasteiger partial charge in [-0.2, -0.15) is 0 Å². The van der Waals surface area contributed by atoms with E-state index in [1.807, 2.05) is 20.8 Å². The molecule has 0 fully saturated rings. The number of rotatable bonds is 6. The van der Waals surface area contributed by atoms with Gasteiger partial charge < -0.3 is 9.53 Å². The Labute approximate surface area is 143 Å². The van der Waals surface area contributed by atoms with Crippen molar-refractivity contribution >= 4 is 16.1 Å². The Bertz CT molecular complexity index is 834. The maximum absolute atomic E-state index is 13.1. The van der Waals surface area contributed by atoms with Gasteiger partial charge in [-0.15, -0.1) is 0 Å². The molecule has 24 heavy (non-hydrogen) atoms. The van der Waals surface area contributed by atoms with Crippen LogP contribution in [0.3, 0.4) is 0 Å². The highest BCUT2D eigenvalue weighted by molar-refractivity contribution is 7.91. The summed E-state index contributed by atoms with van der Waals surface area (Å²) in [5.74, 6) is 0.535. The van der Waals surface area contributed by atoms with E-state index < -0.39 is 9.84 Å². The number of carbonyl (C=O) groups is 1. The average molecular weight is 346 g/mol. The maximum Gasteiger partial charge on any atom is 0.206 e. The fourth-order valence-corrected chi connectivity index (χ4v) is 4.24. The molecule has 0 unspecified atom stereocenters. The molecule has 0 heterocycles. The Morgan fingerprint density at radius 3 is 2.25 bits per heavy atom. The van der Waals surface area contributed by atoms with E-state index in [2.05, 4.69) is 0 Å². The zero-order valence-corrected chi connectivity index (χ0v) is 15.2. The van der Waals surface area contributed by atoms with Crippen LogP contribution in [0.5, 0.6) is 5.75 Å². The van der Waals surface area contributed by atoms with Gasteiger partial charge in [-0.3, -0.25) is 0 Å². The van der Waals surface area contributed by atoms with Crippen molar-refractivity contribution < 1.29 is 17.9 Å². The zero-order valence-electron chi connectivity index (χ0n) is 14.4. The molecule has 128 valence electrons. The van der Waals surface area contributed by atoms with Gasteiger partial charge in [0.1, 0.15) is 12.0 Å². The van der Waals surface area contributed by atoms with Crippen LogP contribution in [0.2, 0.25) is 0 Å². The van der Waals surface area contributed by atoms with Crippen molar-refractivity contribution in [1.29, 1.82) is 0 Å². The summed E-state index contributed by atoms with van der Waals surface area (Å²) in [4.78, 5) is 11.4. The summed E-state index contributed by atoms with van der Waals surface area (Å²) in [5, 5.41) is 0. The molecule has 0 radical (unpaired) electrons. The number of benzene rings is 2. The van der Waals surface area contributed by atoms with Gasteiger partial charge in [0.2, 0.25) is 9.84 Å². The number of hydrogen-bond donors (Lipinski definition) is 0. The van der Waals surface area contributed by atoms with Crippen LogP contribution in [0.1, 0.15) is 36.5 Å². The third-order valence-electron chi connectivity index (χ3n) is 3.96. The number of aryl methyl sites for hydroxylation is 1. The second kappa shape index (κ2) is 7.18. The van der Waals surface area contributed by atoms with Crippen molar-refractivity contribution in [3.8, 4) is 5.75 Å².